The molecule has 0 saturated heterocycles. The number of aryl methyl sites for hydroxylation is 1. The molecule has 4 nitrogen and oxygen atoms in total. The predicted molar refractivity (Wildman–Crippen MR) is 66.1 cm³/mol. The zero-order valence-electron chi connectivity index (χ0n) is 9.63. The predicted octanol–water partition coefficient (Wildman–Crippen LogP) is 3.33. The van der Waals surface area contributed by atoms with Crippen LogP contribution in [0.25, 0.3) is 10.4 Å². The summed E-state index contributed by atoms with van der Waals surface area (Å²) in [7, 11) is 0. The number of hydrogen-bond acceptors (Lipinski definition) is 2. The SMILES string of the molecule is C#CCCC(=O)C(N=[N+]=[N-])c1ccc(C)cc1. The van der Waals surface area contributed by atoms with Crippen LogP contribution in [-0.2, 0) is 4.79 Å². The van der Waals surface area contributed by atoms with E-state index in [0.717, 1.165) is 5.56 Å². The molecule has 0 spiro atoms. The number of benzene rings is 1. The summed E-state index contributed by atoms with van der Waals surface area (Å²) in [5.74, 6) is 2.25. The van der Waals surface area contributed by atoms with E-state index in [2.05, 4.69) is 15.9 Å². The zero-order valence-corrected chi connectivity index (χ0v) is 9.63. The maximum Gasteiger partial charge on any atom is 0.147 e. The normalized spacial score (nSPS) is 11.1. The van der Waals surface area contributed by atoms with Crippen molar-refractivity contribution in [1.82, 2.24) is 0 Å². The minimum absolute atomic E-state index is 0.149. The molecule has 0 amide bonds. The van der Waals surface area contributed by atoms with Gasteiger partial charge in [-0.2, -0.15) is 0 Å². The Hall–Kier alpha value is -2.24. The lowest BCUT2D eigenvalue weighted by Crippen LogP contribution is -2.09. The molecule has 1 unspecified atom stereocenters. The summed E-state index contributed by atoms with van der Waals surface area (Å²) in [6.07, 6.45) is 5.70. The Kier molecular flexibility index (Phi) is 4.80. The van der Waals surface area contributed by atoms with Crippen LogP contribution < -0.4 is 0 Å². The van der Waals surface area contributed by atoms with Crippen LogP contribution in [0.4, 0.5) is 0 Å². The Bertz CT molecular complexity index is 478. The monoisotopic (exact) mass is 227 g/mol. The summed E-state index contributed by atoms with van der Waals surface area (Å²) in [5, 5.41) is 3.54. The van der Waals surface area contributed by atoms with E-state index in [9.17, 15) is 4.79 Å². The molecular formula is C13H13N3O. The number of nitrogens with zero attached hydrogens (tertiary/aromatic N) is 3. The van der Waals surface area contributed by atoms with Gasteiger partial charge in [0, 0.05) is 17.8 Å². The van der Waals surface area contributed by atoms with Gasteiger partial charge in [0.15, 0.2) is 0 Å². The number of azide groups is 1. The molecule has 0 saturated carbocycles. The summed E-state index contributed by atoms with van der Waals surface area (Å²) in [4.78, 5) is 14.5. The van der Waals surface area contributed by atoms with Crippen molar-refractivity contribution in [3.8, 4) is 12.3 Å². The van der Waals surface area contributed by atoms with Crippen molar-refractivity contribution in [2.24, 2.45) is 5.11 Å². The standard InChI is InChI=1S/C13H13N3O/c1-3-4-5-12(17)13(15-16-14)11-8-6-10(2)7-9-11/h1,6-9,13H,4-5H2,2H3. The Labute approximate surface area is 100 Å². The molecule has 0 fully saturated rings. The van der Waals surface area contributed by atoms with Crippen molar-refractivity contribution in [3.05, 3.63) is 45.8 Å². The van der Waals surface area contributed by atoms with Gasteiger partial charge >= 0.3 is 0 Å². The molecule has 0 radical (unpaired) electrons. The van der Waals surface area contributed by atoms with E-state index in [1.54, 1.807) is 12.1 Å². The van der Waals surface area contributed by atoms with Crippen molar-refractivity contribution >= 4 is 5.78 Å². The van der Waals surface area contributed by atoms with Crippen LogP contribution >= 0.6 is 0 Å². The molecule has 0 N–H and O–H groups in total. The molecule has 1 rings (SSSR count). The van der Waals surface area contributed by atoms with E-state index in [1.807, 2.05) is 19.1 Å². The van der Waals surface area contributed by atoms with Gasteiger partial charge in [0.2, 0.25) is 0 Å². The Balaban J connectivity index is 2.93. The second-order valence-electron chi connectivity index (χ2n) is 3.69. The molecule has 4 heteroatoms. The fourth-order valence-electron chi connectivity index (χ4n) is 1.45. The maximum atomic E-state index is 11.8. The Morgan fingerprint density at radius 2 is 2.18 bits per heavy atom. The molecule has 1 aromatic carbocycles. The third kappa shape index (κ3) is 3.67. The molecule has 1 atom stereocenters. The van der Waals surface area contributed by atoms with Crippen molar-refractivity contribution in [2.75, 3.05) is 0 Å². The third-order valence-corrected chi connectivity index (χ3v) is 2.38. The maximum absolute atomic E-state index is 11.8. The molecule has 0 aliphatic carbocycles. The molecule has 1 aromatic rings. The fraction of sp³-hybridized carbons (Fsp3) is 0.308. The summed E-state index contributed by atoms with van der Waals surface area (Å²) >= 11 is 0. The summed E-state index contributed by atoms with van der Waals surface area (Å²) in [6.45, 7) is 1.95. The number of Topliss-reactive ketones (excluding diaryl/α,β-unsaturated/α-hetero) is 1. The van der Waals surface area contributed by atoms with Gasteiger partial charge in [0.1, 0.15) is 11.8 Å². The smallest absolute Gasteiger partial charge is 0.147 e. The Morgan fingerprint density at radius 1 is 1.53 bits per heavy atom. The number of hydrogen-bond donors (Lipinski definition) is 0. The zero-order chi connectivity index (χ0) is 12.7. The molecule has 86 valence electrons. The second-order valence-corrected chi connectivity index (χ2v) is 3.69. The number of carbonyl (C=O) groups excluding carboxylic acids is 1. The molecule has 0 aromatic heterocycles. The van der Waals surface area contributed by atoms with Gasteiger partial charge < -0.3 is 0 Å². The lowest BCUT2D eigenvalue weighted by molar-refractivity contribution is -0.120. The topological polar surface area (TPSA) is 65.8 Å². The second kappa shape index (κ2) is 6.37. The van der Waals surface area contributed by atoms with Crippen molar-refractivity contribution in [1.29, 1.82) is 0 Å². The van der Waals surface area contributed by atoms with Crippen molar-refractivity contribution in [3.63, 3.8) is 0 Å². The minimum atomic E-state index is -0.769. The van der Waals surface area contributed by atoms with Crippen molar-refractivity contribution in [2.45, 2.75) is 25.8 Å². The van der Waals surface area contributed by atoms with Gasteiger partial charge in [-0.1, -0.05) is 34.9 Å². The highest BCUT2D eigenvalue weighted by atomic mass is 16.1. The number of ketones is 1. The van der Waals surface area contributed by atoms with Gasteiger partial charge in [-0.05, 0) is 18.0 Å². The number of terminal acetylenes is 1. The van der Waals surface area contributed by atoms with Crippen LogP contribution in [0.2, 0.25) is 0 Å². The average Bonchev–Trinajstić information content (AvgIpc) is 2.34. The van der Waals surface area contributed by atoms with Crippen LogP contribution in [0.3, 0.4) is 0 Å². The molecular weight excluding hydrogens is 214 g/mol. The van der Waals surface area contributed by atoms with Gasteiger partial charge in [0.05, 0.1) is 0 Å². The van der Waals surface area contributed by atoms with E-state index in [-0.39, 0.29) is 12.2 Å². The molecule has 17 heavy (non-hydrogen) atoms. The van der Waals surface area contributed by atoms with Crippen LogP contribution in [0.1, 0.15) is 30.0 Å². The highest BCUT2D eigenvalue weighted by Gasteiger charge is 2.17. The van der Waals surface area contributed by atoms with E-state index in [0.29, 0.717) is 12.0 Å². The summed E-state index contributed by atoms with van der Waals surface area (Å²) in [6, 6.07) is 6.58. The molecule has 0 heterocycles. The van der Waals surface area contributed by atoms with E-state index in [4.69, 9.17) is 12.0 Å². The Morgan fingerprint density at radius 3 is 2.71 bits per heavy atom. The van der Waals surface area contributed by atoms with Crippen LogP contribution in [0, 0.1) is 19.3 Å². The first-order valence-corrected chi connectivity index (χ1v) is 5.26. The largest absolute Gasteiger partial charge is 0.299 e. The van der Waals surface area contributed by atoms with Crippen LogP contribution in [0.5, 0.6) is 0 Å². The van der Waals surface area contributed by atoms with Gasteiger partial charge in [-0.15, -0.1) is 12.3 Å². The van der Waals surface area contributed by atoms with Crippen molar-refractivity contribution < 1.29 is 4.79 Å². The lowest BCUT2D eigenvalue weighted by Gasteiger charge is -2.09. The molecule has 0 aliphatic heterocycles. The van der Waals surface area contributed by atoms with Crippen LogP contribution in [-0.4, -0.2) is 5.78 Å². The lowest BCUT2D eigenvalue weighted by atomic mass is 9.99. The molecule has 0 aliphatic rings. The van der Waals surface area contributed by atoms with Gasteiger partial charge in [-0.3, -0.25) is 4.79 Å². The minimum Gasteiger partial charge on any atom is -0.299 e. The summed E-state index contributed by atoms with van der Waals surface area (Å²) in [5.41, 5.74) is 10.3. The van der Waals surface area contributed by atoms with E-state index < -0.39 is 6.04 Å². The number of carbonyl (C=O) groups is 1. The van der Waals surface area contributed by atoms with Gasteiger partial charge in [0.25, 0.3) is 0 Å². The van der Waals surface area contributed by atoms with Gasteiger partial charge in [-0.25, -0.2) is 0 Å². The highest BCUT2D eigenvalue weighted by molar-refractivity contribution is 5.85. The molecule has 0 bridgehead atoms. The fourth-order valence-corrected chi connectivity index (χ4v) is 1.45. The highest BCUT2D eigenvalue weighted by Crippen LogP contribution is 2.21. The summed E-state index contributed by atoms with van der Waals surface area (Å²) < 4.78 is 0. The quantitative estimate of drug-likeness (QED) is 0.329. The average molecular weight is 227 g/mol. The van der Waals surface area contributed by atoms with E-state index >= 15 is 0 Å². The first kappa shape index (κ1) is 12.8. The first-order valence-electron chi connectivity index (χ1n) is 5.26. The third-order valence-electron chi connectivity index (χ3n) is 2.38. The van der Waals surface area contributed by atoms with Crippen LogP contribution in [0.15, 0.2) is 29.4 Å². The number of rotatable bonds is 5. The first-order chi connectivity index (χ1) is 8.19. The van der Waals surface area contributed by atoms with E-state index in [1.165, 1.54) is 0 Å².